The quantitative estimate of drug-likeness (QED) is 0.0476. The van der Waals surface area contributed by atoms with Crippen LogP contribution >= 0.6 is 0 Å². The van der Waals surface area contributed by atoms with Crippen molar-refractivity contribution in [3.8, 4) is 0 Å². The van der Waals surface area contributed by atoms with E-state index in [2.05, 4.69) is 19.2 Å². The first kappa shape index (κ1) is 52.4. The zero-order chi connectivity index (χ0) is 39.4. The number of aliphatic carboxylic acids is 1. The third-order valence-corrected chi connectivity index (χ3v) is 11.3. The zero-order valence-electron chi connectivity index (χ0n) is 36.4. The summed E-state index contributed by atoms with van der Waals surface area (Å²) in [6.45, 7) is 4.26. The molecule has 1 atom stereocenters. The minimum Gasteiger partial charge on any atom is -0.480 e. The molecule has 0 bridgehead atoms. The number of carboxylic acid groups (broad SMARTS) is 1. The molecule has 0 spiro atoms. The van der Waals surface area contributed by atoms with Crippen LogP contribution in [0.25, 0.3) is 0 Å². The Morgan fingerprint density at radius 2 is 0.685 bits per heavy atom. The second kappa shape index (κ2) is 44.1. The minimum absolute atomic E-state index is 0.00625. The lowest BCUT2D eigenvalue weighted by Gasteiger charge is -2.18. The fraction of sp³-hybridized carbons (Fsp3) is 0.938. The van der Waals surface area contributed by atoms with E-state index in [0.717, 1.165) is 64.2 Å². The standard InChI is InChI=1S/C48H93NO5/c1-3-5-7-9-11-13-15-16-17-18-19-20-21-22-23-24-26-28-30-35-39-43-48(53)54-45(40-36-32-29-27-25-14-12-10-8-6-4-2)41-37-33-31-34-38-42-46(50)49-44-47(51)52/h45H,3-44H2,1-2H3,(H,49,50)(H,51,52). The van der Waals surface area contributed by atoms with Crippen molar-refractivity contribution in [3.05, 3.63) is 0 Å². The van der Waals surface area contributed by atoms with Crippen LogP contribution in [0.2, 0.25) is 0 Å². The maximum Gasteiger partial charge on any atom is 0.322 e. The molecule has 1 unspecified atom stereocenters. The lowest BCUT2D eigenvalue weighted by atomic mass is 10.0. The molecule has 0 saturated heterocycles. The van der Waals surface area contributed by atoms with Gasteiger partial charge in [0.25, 0.3) is 0 Å². The van der Waals surface area contributed by atoms with Gasteiger partial charge in [-0.3, -0.25) is 14.4 Å². The van der Waals surface area contributed by atoms with E-state index in [0.29, 0.717) is 12.8 Å². The summed E-state index contributed by atoms with van der Waals surface area (Å²) < 4.78 is 6.05. The number of hydrogen-bond acceptors (Lipinski definition) is 4. The van der Waals surface area contributed by atoms with Gasteiger partial charge in [-0.1, -0.05) is 226 Å². The maximum atomic E-state index is 12.8. The van der Waals surface area contributed by atoms with Crippen LogP contribution in [0, 0.1) is 0 Å². The van der Waals surface area contributed by atoms with Crippen LogP contribution in [0.15, 0.2) is 0 Å². The molecule has 54 heavy (non-hydrogen) atoms. The molecule has 0 aliphatic heterocycles. The summed E-state index contributed by atoms with van der Waals surface area (Å²) in [6.07, 6.45) is 51.0. The second-order valence-electron chi connectivity index (χ2n) is 16.7. The number of carboxylic acids is 1. The molecule has 0 aromatic heterocycles. The predicted molar refractivity (Wildman–Crippen MR) is 231 cm³/mol. The fourth-order valence-electron chi connectivity index (χ4n) is 7.70. The Morgan fingerprint density at radius 3 is 1.00 bits per heavy atom. The Morgan fingerprint density at radius 1 is 0.407 bits per heavy atom. The van der Waals surface area contributed by atoms with Crippen LogP contribution < -0.4 is 5.32 Å². The molecule has 2 N–H and O–H groups in total. The van der Waals surface area contributed by atoms with E-state index in [-0.39, 0.29) is 24.5 Å². The van der Waals surface area contributed by atoms with E-state index in [1.807, 2.05) is 0 Å². The van der Waals surface area contributed by atoms with Crippen LogP contribution in [-0.4, -0.2) is 35.6 Å². The monoisotopic (exact) mass is 764 g/mol. The van der Waals surface area contributed by atoms with Crippen molar-refractivity contribution < 1.29 is 24.2 Å². The number of amides is 1. The average Bonchev–Trinajstić information content (AvgIpc) is 3.16. The summed E-state index contributed by atoms with van der Waals surface area (Å²) in [6, 6.07) is 0. The highest BCUT2D eigenvalue weighted by Gasteiger charge is 2.14. The van der Waals surface area contributed by atoms with Crippen LogP contribution in [0.4, 0.5) is 0 Å². The molecule has 320 valence electrons. The third-order valence-electron chi connectivity index (χ3n) is 11.3. The van der Waals surface area contributed by atoms with Gasteiger partial charge in [0.15, 0.2) is 0 Å². The van der Waals surface area contributed by atoms with Crippen molar-refractivity contribution >= 4 is 17.8 Å². The van der Waals surface area contributed by atoms with Gasteiger partial charge in [0.1, 0.15) is 12.6 Å². The third kappa shape index (κ3) is 43.1. The molecule has 0 aromatic rings. The first-order valence-electron chi connectivity index (χ1n) is 24.2. The molecule has 0 aromatic carbocycles. The summed E-state index contributed by atoms with van der Waals surface area (Å²) in [5.41, 5.74) is 0. The molecule has 0 aliphatic carbocycles. The smallest absolute Gasteiger partial charge is 0.322 e. The lowest BCUT2D eigenvalue weighted by Crippen LogP contribution is -2.28. The molecule has 0 saturated carbocycles. The fourth-order valence-corrected chi connectivity index (χ4v) is 7.70. The van der Waals surface area contributed by atoms with E-state index < -0.39 is 5.97 Å². The van der Waals surface area contributed by atoms with Gasteiger partial charge in [0.2, 0.25) is 5.91 Å². The van der Waals surface area contributed by atoms with Gasteiger partial charge in [-0.15, -0.1) is 0 Å². The van der Waals surface area contributed by atoms with Crippen LogP contribution in [0.3, 0.4) is 0 Å². The first-order chi connectivity index (χ1) is 26.5. The van der Waals surface area contributed by atoms with E-state index in [9.17, 15) is 14.4 Å². The first-order valence-corrected chi connectivity index (χ1v) is 24.2. The number of rotatable bonds is 45. The van der Waals surface area contributed by atoms with Gasteiger partial charge in [0, 0.05) is 12.8 Å². The highest BCUT2D eigenvalue weighted by molar-refractivity contribution is 5.80. The van der Waals surface area contributed by atoms with Crippen LogP contribution in [-0.2, 0) is 19.1 Å². The Kier molecular flexibility index (Phi) is 42.8. The molecule has 0 rings (SSSR count). The Labute approximate surface area is 336 Å². The molecule has 0 heterocycles. The summed E-state index contributed by atoms with van der Waals surface area (Å²) in [5, 5.41) is 11.1. The van der Waals surface area contributed by atoms with Crippen molar-refractivity contribution in [2.24, 2.45) is 0 Å². The Hall–Kier alpha value is -1.59. The number of unbranched alkanes of at least 4 members (excludes halogenated alkanes) is 34. The van der Waals surface area contributed by atoms with Gasteiger partial charge in [-0.25, -0.2) is 0 Å². The van der Waals surface area contributed by atoms with Gasteiger partial charge >= 0.3 is 11.9 Å². The Bertz CT molecular complexity index is 802. The average molecular weight is 764 g/mol. The molecule has 1 amide bonds. The normalized spacial score (nSPS) is 11.9. The summed E-state index contributed by atoms with van der Waals surface area (Å²) in [7, 11) is 0. The molecule has 0 fully saturated rings. The Balaban J connectivity index is 3.97. The lowest BCUT2D eigenvalue weighted by molar-refractivity contribution is -0.150. The van der Waals surface area contributed by atoms with Gasteiger partial charge < -0.3 is 15.2 Å². The van der Waals surface area contributed by atoms with Gasteiger partial charge in [-0.2, -0.15) is 0 Å². The van der Waals surface area contributed by atoms with Crippen molar-refractivity contribution in [2.75, 3.05) is 6.54 Å². The van der Waals surface area contributed by atoms with E-state index in [4.69, 9.17) is 9.84 Å². The summed E-state index contributed by atoms with van der Waals surface area (Å²) >= 11 is 0. The summed E-state index contributed by atoms with van der Waals surface area (Å²) in [4.78, 5) is 35.1. The number of esters is 1. The predicted octanol–water partition coefficient (Wildman–Crippen LogP) is 15.1. The topological polar surface area (TPSA) is 92.7 Å². The highest BCUT2D eigenvalue weighted by atomic mass is 16.5. The van der Waals surface area contributed by atoms with E-state index in [1.54, 1.807) is 0 Å². The summed E-state index contributed by atoms with van der Waals surface area (Å²) in [5.74, 6) is -1.21. The zero-order valence-corrected chi connectivity index (χ0v) is 36.4. The van der Waals surface area contributed by atoms with Crippen molar-refractivity contribution in [2.45, 2.75) is 283 Å². The van der Waals surface area contributed by atoms with Crippen molar-refractivity contribution in [1.82, 2.24) is 5.32 Å². The maximum absolute atomic E-state index is 12.8. The van der Waals surface area contributed by atoms with E-state index >= 15 is 0 Å². The second-order valence-corrected chi connectivity index (χ2v) is 16.7. The van der Waals surface area contributed by atoms with Crippen LogP contribution in [0.1, 0.15) is 277 Å². The van der Waals surface area contributed by atoms with Gasteiger partial charge in [0.05, 0.1) is 0 Å². The molecular formula is C48H93NO5. The minimum atomic E-state index is -1.01. The molecular weight excluding hydrogens is 671 g/mol. The largest absolute Gasteiger partial charge is 0.480 e. The van der Waals surface area contributed by atoms with Crippen molar-refractivity contribution in [3.63, 3.8) is 0 Å². The molecule has 0 radical (unpaired) electrons. The SMILES string of the molecule is CCCCCCCCCCCCCCCCCCCCCCCC(=O)OC(CCCCCCCCCCCCC)CCCCCCCC(=O)NCC(=O)O. The molecule has 6 nitrogen and oxygen atoms in total. The highest BCUT2D eigenvalue weighted by Crippen LogP contribution is 2.20. The van der Waals surface area contributed by atoms with Gasteiger partial charge in [-0.05, 0) is 38.5 Å². The van der Waals surface area contributed by atoms with E-state index in [1.165, 1.54) is 186 Å². The molecule has 6 heteroatoms. The number of nitrogens with one attached hydrogen (secondary N) is 1. The number of carbonyl (C=O) groups excluding carboxylic acids is 2. The number of ether oxygens (including phenoxy) is 1. The number of carbonyl (C=O) groups is 3. The molecule has 0 aliphatic rings. The number of hydrogen-bond donors (Lipinski definition) is 2. The van der Waals surface area contributed by atoms with Crippen LogP contribution in [0.5, 0.6) is 0 Å². The van der Waals surface area contributed by atoms with Crippen molar-refractivity contribution in [1.29, 1.82) is 0 Å².